The van der Waals surface area contributed by atoms with Crippen LogP contribution >= 0.6 is 0 Å². The molecule has 0 N–H and O–H groups in total. The Morgan fingerprint density at radius 3 is 2.44 bits per heavy atom. The van der Waals surface area contributed by atoms with Gasteiger partial charge in [0.2, 0.25) is 0 Å². The SMILES string of the molecule is Cc1c(C(F)(F)F)c(=O)oc2ccccc12. The molecule has 1 aromatic heterocycles. The maximum Gasteiger partial charge on any atom is 0.423 e. The Bertz CT molecular complexity index is 596. The summed E-state index contributed by atoms with van der Waals surface area (Å²) in [4.78, 5) is 11.2. The molecule has 0 aliphatic heterocycles. The number of alkyl halides is 3. The smallest absolute Gasteiger partial charge is 0.422 e. The molecule has 2 aromatic rings. The molecule has 5 heteroatoms. The number of para-hydroxylation sites is 1. The Labute approximate surface area is 88.3 Å². The second kappa shape index (κ2) is 3.37. The molecule has 0 unspecified atom stereocenters. The van der Waals surface area contributed by atoms with Crippen LogP contribution in [-0.2, 0) is 6.18 Å². The van der Waals surface area contributed by atoms with E-state index in [0.29, 0.717) is 5.39 Å². The van der Waals surface area contributed by atoms with Crippen LogP contribution in [0, 0.1) is 6.92 Å². The maximum absolute atomic E-state index is 12.6. The van der Waals surface area contributed by atoms with E-state index in [1.165, 1.54) is 19.1 Å². The first-order valence-electron chi connectivity index (χ1n) is 4.51. The van der Waals surface area contributed by atoms with E-state index >= 15 is 0 Å². The van der Waals surface area contributed by atoms with Gasteiger partial charge in [-0.1, -0.05) is 18.2 Å². The van der Waals surface area contributed by atoms with Crippen LogP contribution in [0.3, 0.4) is 0 Å². The van der Waals surface area contributed by atoms with Crippen molar-refractivity contribution in [1.82, 2.24) is 0 Å². The standard InChI is InChI=1S/C11H7F3O2/c1-6-7-4-2-3-5-8(7)16-10(15)9(6)11(12,13)14/h2-5H,1H3. The fraction of sp³-hybridized carbons (Fsp3) is 0.182. The van der Waals surface area contributed by atoms with Crippen molar-refractivity contribution in [1.29, 1.82) is 0 Å². The van der Waals surface area contributed by atoms with Gasteiger partial charge in [0.25, 0.3) is 0 Å². The lowest BCUT2D eigenvalue weighted by molar-refractivity contribution is -0.140. The first kappa shape index (κ1) is 10.7. The summed E-state index contributed by atoms with van der Waals surface area (Å²) in [6.07, 6.45) is -4.69. The molecule has 0 aliphatic carbocycles. The number of halogens is 3. The number of hydrogen-bond acceptors (Lipinski definition) is 2. The summed E-state index contributed by atoms with van der Waals surface area (Å²) < 4.78 is 42.4. The van der Waals surface area contributed by atoms with Gasteiger partial charge in [0, 0.05) is 5.39 Å². The third-order valence-electron chi connectivity index (χ3n) is 2.36. The van der Waals surface area contributed by atoms with E-state index in [2.05, 4.69) is 4.42 Å². The van der Waals surface area contributed by atoms with Crippen molar-refractivity contribution >= 4 is 11.0 Å². The van der Waals surface area contributed by atoms with Gasteiger partial charge >= 0.3 is 11.8 Å². The number of aryl methyl sites for hydroxylation is 1. The maximum atomic E-state index is 12.6. The van der Waals surface area contributed by atoms with Gasteiger partial charge < -0.3 is 4.42 Å². The van der Waals surface area contributed by atoms with E-state index in [1.54, 1.807) is 12.1 Å². The molecule has 84 valence electrons. The molecule has 1 heterocycles. The number of rotatable bonds is 0. The van der Waals surface area contributed by atoms with Crippen molar-refractivity contribution in [2.75, 3.05) is 0 Å². The number of fused-ring (bicyclic) bond motifs is 1. The minimum atomic E-state index is -4.69. The zero-order valence-electron chi connectivity index (χ0n) is 8.26. The van der Waals surface area contributed by atoms with Crippen LogP contribution in [-0.4, -0.2) is 0 Å². The molecule has 0 atom stereocenters. The molecule has 0 fully saturated rings. The Morgan fingerprint density at radius 2 is 1.81 bits per heavy atom. The Kier molecular flexibility index (Phi) is 2.26. The first-order valence-corrected chi connectivity index (χ1v) is 4.51. The Balaban J connectivity index is 2.92. The summed E-state index contributed by atoms with van der Waals surface area (Å²) in [5, 5.41) is 0.300. The number of hydrogen-bond donors (Lipinski definition) is 0. The molecule has 16 heavy (non-hydrogen) atoms. The van der Waals surface area contributed by atoms with Crippen LogP contribution in [0.1, 0.15) is 11.1 Å². The lowest BCUT2D eigenvalue weighted by Gasteiger charge is -2.09. The molecule has 0 saturated heterocycles. The van der Waals surface area contributed by atoms with Crippen LogP contribution in [0.25, 0.3) is 11.0 Å². The molecule has 2 rings (SSSR count). The van der Waals surface area contributed by atoms with Crippen molar-refractivity contribution in [3.05, 3.63) is 45.8 Å². The van der Waals surface area contributed by atoms with Gasteiger partial charge in [0.05, 0.1) is 0 Å². The van der Waals surface area contributed by atoms with Gasteiger partial charge in [0.15, 0.2) is 0 Å². The predicted molar refractivity (Wildman–Crippen MR) is 52.2 cm³/mol. The van der Waals surface area contributed by atoms with Gasteiger partial charge in [-0.15, -0.1) is 0 Å². The van der Waals surface area contributed by atoms with E-state index in [1.807, 2.05) is 0 Å². The lowest BCUT2D eigenvalue weighted by atomic mass is 10.1. The van der Waals surface area contributed by atoms with Gasteiger partial charge in [0.1, 0.15) is 11.1 Å². The van der Waals surface area contributed by atoms with Crippen LogP contribution < -0.4 is 5.63 Å². The molecule has 0 spiro atoms. The molecule has 2 nitrogen and oxygen atoms in total. The molecule has 0 amide bonds. The third kappa shape index (κ3) is 1.58. The average molecular weight is 228 g/mol. The molecule has 0 saturated carbocycles. The molecule has 0 bridgehead atoms. The van der Waals surface area contributed by atoms with Crippen molar-refractivity contribution in [3.8, 4) is 0 Å². The highest BCUT2D eigenvalue weighted by atomic mass is 19.4. The van der Waals surface area contributed by atoms with Gasteiger partial charge in [-0.3, -0.25) is 0 Å². The van der Waals surface area contributed by atoms with Crippen LogP contribution in [0.5, 0.6) is 0 Å². The van der Waals surface area contributed by atoms with Crippen molar-refractivity contribution in [3.63, 3.8) is 0 Å². The molecule has 0 aliphatic rings. The minimum Gasteiger partial charge on any atom is -0.422 e. The quantitative estimate of drug-likeness (QED) is 0.648. The Hall–Kier alpha value is -1.78. The van der Waals surface area contributed by atoms with Crippen LogP contribution in [0.2, 0.25) is 0 Å². The highest BCUT2D eigenvalue weighted by molar-refractivity contribution is 5.80. The van der Waals surface area contributed by atoms with E-state index in [-0.39, 0.29) is 11.1 Å². The summed E-state index contributed by atoms with van der Waals surface area (Å²) >= 11 is 0. The van der Waals surface area contributed by atoms with Gasteiger partial charge in [-0.05, 0) is 18.6 Å². The summed E-state index contributed by atoms with van der Waals surface area (Å²) in [5.74, 6) is 0. The number of benzene rings is 1. The van der Waals surface area contributed by atoms with Gasteiger partial charge in [-0.2, -0.15) is 13.2 Å². The van der Waals surface area contributed by atoms with E-state index in [0.717, 1.165) is 0 Å². The van der Waals surface area contributed by atoms with Gasteiger partial charge in [-0.25, -0.2) is 4.79 Å². The van der Waals surface area contributed by atoms with E-state index in [9.17, 15) is 18.0 Å². The van der Waals surface area contributed by atoms with E-state index < -0.39 is 17.4 Å². The highest BCUT2D eigenvalue weighted by Crippen LogP contribution is 2.32. The normalized spacial score (nSPS) is 12.0. The lowest BCUT2D eigenvalue weighted by Crippen LogP contribution is -2.20. The van der Waals surface area contributed by atoms with Crippen molar-refractivity contribution in [2.24, 2.45) is 0 Å². The fourth-order valence-electron chi connectivity index (χ4n) is 1.63. The highest BCUT2D eigenvalue weighted by Gasteiger charge is 2.37. The summed E-state index contributed by atoms with van der Waals surface area (Å²) in [6.45, 7) is 1.27. The largest absolute Gasteiger partial charge is 0.423 e. The second-order valence-corrected chi connectivity index (χ2v) is 3.38. The van der Waals surface area contributed by atoms with E-state index in [4.69, 9.17) is 0 Å². The zero-order chi connectivity index (χ0) is 11.9. The van der Waals surface area contributed by atoms with Crippen molar-refractivity contribution in [2.45, 2.75) is 13.1 Å². The predicted octanol–water partition coefficient (Wildman–Crippen LogP) is 3.12. The summed E-state index contributed by atoms with van der Waals surface area (Å²) in [7, 11) is 0. The fourth-order valence-corrected chi connectivity index (χ4v) is 1.63. The van der Waals surface area contributed by atoms with Crippen LogP contribution in [0.4, 0.5) is 13.2 Å². The molecular weight excluding hydrogens is 221 g/mol. The third-order valence-corrected chi connectivity index (χ3v) is 2.36. The molecular formula is C11H7F3O2. The monoisotopic (exact) mass is 228 g/mol. The molecule has 1 aromatic carbocycles. The molecule has 0 radical (unpaired) electrons. The topological polar surface area (TPSA) is 30.2 Å². The summed E-state index contributed by atoms with van der Waals surface area (Å²) in [5.41, 5.74) is -2.51. The average Bonchev–Trinajstić information content (AvgIpc) is 2.15. The summed E-state index contributed by atoms with van der Waals surface area (Å²) in [6, 6.07) is 6.14. The first-order chi connectivity index (χ1) is 7.41. The second-order valence-electron chi connectivity index (χ2n) is 3.38. The van der Waals surface area contributed by atoms with Crippen LogP contribution in [0.15, 0.2) is 33.5 Å². The zero-order valence-corrected chi connectivity index (χ0v) is 8.26. The van der Waals surface area contributed by atoms with Crippen molar-refractivity contribution < 1.29 is 17.6 Å². The Morgan fingerprint density at radius 1 is 1.19 bits per heavy atom. The minimum absolute atomic E-state index is 0.0978.